The standard InChI is InChI=1S/C16H15Br3FN/c1-2-21-15(11-6-12(17)9-13(18)7-11)8-10-4-3-5-14(20)16(10)19/h3-7,9,15,21H,2,8H2,1H3. The molecule has 2 aromatic carbocycles. The van der Waals surface area contributed by atoms with Gasteiger partial charge >= 0.3 is 0 Å². The molecule has 0 bridgehead atoms. The fourth-order valence-electron chi connectivity index (χ4n) is 2.26. The molecule has 0 aliphatic heterocycles. The molecule has 0 aliphatic carbocycles. The number of nitrogens with one attached hydrogen (secondary N) is 1. The summed E-state index contributed by atoms with van der Waals surface area (Å²) in [4.78, 5) is 0. The van der Waals surface area contributed by atoms with E-state index in [2.05, 4.69) is 72.2 Å². The maximum Gasteiger partial charge on any atom is 0.137 e. The fourth-order valence-corrected chi connectivity index (χ4v) is 4.01. The highest BCUT2D eigenvalue weighted by molar-refractivity contribution is 9.11. The van der Waals surface area contributed by atoms with Crippen LogP contribution in [0.3, 0.4) is 0 Å². The number of halogens is 4. The molecule has 112 valence electrons. The van der Waals surface area contributed by atoms with Gasteiger partial charge in [0, 0.05) is 15.0 Å². The summed E-state index contributed by atoms with van der Waals surface area (Å²) in [5.41, 5.74) is 2.12. The van der Waals surface area contributed by atoms with Crippen molar-refractivity contribution in [1.82, 2.24) is 5.32 Å². The first-order valence-corrected chi connectivity index (χ1v) is 9.01. The monoisotopic (exact) mass is 477 g/mol. The maximum absolute atomic E-state index is 13.7. The van der Waals surface area contributed by atoms with Gasteiger partial charge in [-0.2, -0.15) is 0 Å². The third-order valence-corrected chi connectivity index (χ3v) is 5.00. The zero-order chi connectivity index (χ0) is 15.4. The Kier molecular flexibility index (Phi) is 6.41. The summed E-state index contributed by atoms with van der Waals surface area (Å²) in [5.74, 6) is -0.224. The van der Waals surface area contributed by atoms with Crippen molar-refractivity contribution in [3.63, 3.8) is 0 Å². The minimum absolute atomic E-state index is 0.127. The minimum atomic E-state index is -0.224. The molecule has 2 aromatic rings. The zero-order valence-corrected chi connectivity index (χ0v) is 16.2. The lowest BCUT2D eigenvalue weighted by Crippen LogP contribution is -2.23. The van der Waals surface area contributed by atoms with Crippen molar-refractivity contribution in [3.8, 4) is 0 Å². The van der Waals surface area contributed by atoms with E-state index < -0.39 is 0 Å². The highest BCUT2D eigenvalue weighted by Gasteiger charge is 2.15. The van der Waals surface area contributed by atoms with Crippen molar-refractivity contribution >= 4 is 47.8 Å². The molecule has 0 saturated carbocycles. The summed E-state index contributed by atoms with van der Waals surface area (Å²) >= 11 is 10.4. The number of hydrogen-bond acceptors (Lipinski definition) is 1. The predicted molar refractivity (Wildman–Crippen MR) is 96.1 cm³/mol. The number of benzene rings is 2. The van der Waals surface area contributed by atoms with Gasteiger partial charge in [-0.1, -0.05) is 50.9 Å². The van der Waals surface area contributed by atoms with Crippen molar-refractivity contribution in [2.75, 3.05) is 6.54 Å². The molecule has 21 heavy (non-hydrogen) atoms. The first-order chi connectivity index (χ1) is 10.0. The van der Waals surface area contributed by atoms with Crippen molar-refractivity contribution < 1.29 is 4.39 Å². The molecule has 1 nitrogen and oxygen atoms in total. The second kappa shape index (κ2) is 7.86. The van der Waals surface area contributed by atoms with Gasteiger partial charge in [0.1, 0.15) is 5.82 Å². The van der Waals surface area contributed by atoms with Gasteiger partial charge < -0.3 is 5.32 Å². The molecule has 1 atom stereocenters. The predicted octanol–water partition coefficient (Wildman–Crippen LogP) is 6.01. The molecule has 0 aromatic heterocycles. The molecular formula is C16H15Br3FN. The van der Waals surface area contributed by atoms with Crippen LogP contribution in [-0.4, -0.2) is 6.54 Å². The van der Waals surface area contributed by atoms with E-state index in [1.54, 1.807) is 6.07 Å². The molecule has 1 unspecified atom stereocenters. The lowest BCUT2D eigenvalue weighted by Gasteiger charge is -2.20. The van der Waals surface area contributed by atoms with Crippen LogP contribution in [0.2, 0.25) is 0 Å². The quantitative estimate of drug-likeness (QED) is 0.554. The number of rotatable bonds is 5. The lowest BCUT2D eigenvalue weighted by atomic mass is 9.99. The normalized spacial score (nSPS) is 12.4. The van der Waals surface area contributed by atoms with Gasteiger partial charge in [0.05, 0.1) is 4.47 Å². The van der Waals surface area contributed by atoms with Crippen LogP contribution in [0, 0.1) is 5.82 Å². The Bertz CT molecular complexity index is 611. The second-order valence-corrected chi connectivity index (χ2v) is 7.35. The molecule has 5 heteroatoms. The Balaban J connectivity index is 2.32. The van der Waals surface area contributed by atoms with E-state index in [0.29, 0.717) is 4.47 Å². The van der Waals surface area contributed by atoms with Crippen LogP contribution in [0.5, 0.6) is 0 Å². The van der Waals surface area contributed by atoms with Crippen LogP contribution < -0.4 is 5.32 Å². The van der Waals surface area contributed by atoms with Gasteiger partial charge in [-0.3, -0.25) is 0 Å². The first kappa shape index (κ1) is 17.1. The fraction of sp³-hybridized carbons (Fsp3) is 0.250. The molecule has 0 aliphatic rings. The van der Waals surface area contributed by atoms with Crippen LogP contribution in [0.15, 0.2) is 49.8 Å². The van der Waals surface area contributed by atoms with Crippen LogP contribution >= 0.6 is 47.8 Å². The largest absolute Gasteiger partial charge is 0.310 e. The van der Waals surface area contributed by atoms with Gasteiger partial charge in [-0.15, -0.1) is 0 Å². The van der Waals surface area contributed by atoms with Gasteiger partial charge in [0.2, 0.25) is 0 Å². The van der Waals surface area contributed by atoms with Crippen LogP contribution in [0.1, 0.15) is 24.1 Å². The van der Waals surface area contributed by atoms with Gasteiger partial charge in [0.25, 0.3) is 0 Å². The summed E-state index contributed by atoms with van der Waals surface area (Å²) in [6.45, 7) is 2.92. The van der Waals surface area contributed by atoms with E-state index in [9.17, 15) is 4.39 Å². The van der Waals surface area contributed by atoms with E-state index in [0.717, 1.165) is 33.0 Å². The third-order valence-electron chi connectivity index (χ3n) is 3.19. The summed E-state index contributed by atoms with van der Waals surface area (Å²) in [7, 11) is 0. The Labute approximate surface area is 149 Å². The Morgan fingerprint density at radius 2 is 1.76 bits per heavy atom. The van der Waals surface area contributed by atoms with E-state index in [-0.39, 0.29) is 11.9 Å². The molecule has 0 spiro atoms. The Hall–Kier alpha value is -0.230. The summed E-state index contributed by atoms with van der Waals surface area (Å²) in [6, 6.07) is 11.5. The summed E-state index contributed by atoms with van der Waals surface area (Å²) < 4.78 is 16.3. The van der Waals surface area contributed by atoms with Crippen LogP contribution in [0.25, 0.3) is 0 Å². The van der Waals surface area contributed by atoms with Gasteiger partial charge in [0.15, 0.2) is 0 Å². The lowest BCUT2D eigenvalue weighted by molar-refractivity contribution is 0.544. The van der Waals surface area contributed by atoms with E-state index in [1.807, 2.05) is 12.1 Å². The Morgan fingerprint density at radius 3 is 2.38 bits per heavy atom. The topological polar surface area (TPSA) is 12.0 Å². The van der Waals surface area contributed by atoms with E-state index in [1.165, 1.54) is 6.07 Å². The average molecular weight is 480 g/mol. The van der Waals surface area contributed by atoms with E-state index in [4.69, 9.17) is 0 Å². The highest BCUT2D eigenvalue weighted by atomic mass is 79.9. The molecule has 0 amide bonds. The van der Waals surface area contributed by atoms with Crippen LogP contribution in [-0.2, 0) is 6.42 Å². The van der Waals surface area contributed by atoms with Crippen molar-refractivity contribution in [2.45, 2.75) is 19.4 Å². The van der Waals surface area contributed by atoms with Crippen molar-refractivity contribution in [1.29, 1.82) is 0 Å². The minimum Gasteiger partial charge on any atom is -0.310 e. The molecule has 0 radical (unpaired) electrons. The zero-order valence-electron chi connectivity index (χ0n) is 11.5. The highest BCUT2D eigenvalue weighted by Crippen LogP contribution is 2.29. The molecule has 0 fully saturated rings. The molecular weight excluding hydrogens is 465 g/mol. The smallest absolute Gasteiger partial charge is 0.137 e. The molecule has 2 rings (SSSR count). The molecule has 0 saturated heterocycles. The number of hydrogen-bond donors (Lipinski definition) is 1. The second-order valence-electron chi connectivity index (χ2n) is 4.73. The third kappa shape index (κ3) is 4.62. The van der Waals surface area contributed by atoms with Gasteiger partial charge in [-0.05, 0) is 64.3 Å². The average Bonchev–Trinajstić information content (AvgIpc) is 2.42. The van der Waals surface area contributed by atoms with Crippen LogP contribution in [0.4, 0.5) is 4.39 Å². The maximum atomic E-state index is 13.7. The summed E-state index contributed by atoms with van der Waals surface area (Å²) in [5, 5.41) is 3.46. The molecule has 0 heterocycles. The SMILES string of the molecule is CCNC(Cc1cccc(F)c1Br)c1cc(Br)cc(Br)c1. The molecule has 1 N–H and O–H groups in total. The van der Waals surface area contributed by atoms with Crippen molar-refractivity contribution in [3.05, 3.63) is 66.8 Å². The van der Waals surface area contributed by atoms with Crippen molar-refractivity contribution in [2.24, 2.45) is 0 Å². The Morgan fingerprint density at radius 1 is 1.10 bits per heavy atom. The first-order valence-electron chi connectivity index (χ1n) is 6.63. The summed E-state index contributed by atoms with van der Waals surface area (Å²) in [6.07, 6.45) is 0.717. The van der Waals surface area contributed by atoms with E-state index >= 15 is 0 Å². The van der Waals surface area contributed by atoms with Gasteiger partial charge in [-0.25, -0.2) is 4.39 Å². The number of likely N-dealkylation sites (N-methyl/N-ethyl adjacent to an activating group) is 1.